The van der Waals surface area contributed by atoms with Crippen LogP contribution in [0.1, 0.15) is 37.6 Å². The van der Waals surface area contributed by atoms with Crippen LogP contribution in [0.5, 0.6) is 0 Å². The molecule has 0 fully saturated rings. The highest BCUT2D eigenvalue weighted by molar-refractivity contribution is 6.33. The zero-order valence-electron chi connectivity index (χ0n) is 11.8. The van der Waals surface area contributed by atoms with E-state index < -0.39 is 12.1 Å². The van der Waals surface area contributed by atoms with Crippen LogP contribution < -0.4 is 11.1 Å². The van der Waals surface area contributed by atoms with Gasteiger partial charge >= 0.3 is 5.97 Å². The summed E-state index contributed by atoms with van der Waals surface area (Å²) in [5, 5.41) is 2.94. The third kappa shape index (κ3) is 4.42. The molecule has 1 rings (SSSR count). The summed E-state index contributed by atoms with van der Waals surface area (Å²) in [6.07, 6.45) is -0.0824. The van der Waals surface area contributed by atoms with Gasteiger partial charge in [0.05, 0.1) is 10.6 Å². The van der Waals surface area contributed by atoms with E-state index in [0.717, 1.165) is 6.42 Å². The van der Waals surface area contributed by atoms with Gasteiger partial charge in [-0.05, 0) is 38.5 Å². The standard InChI is InChI=1S/C14H19ClN2O3/c1-4-8(2)17-13(18)9(3)20-14(19)11-6-5-10(16)7-12(11)15/h5-9H,4,16H2,1-3H3,(H,17,18). The van der Waals surface area contributed by atoms with Crippen LogP contribution in [-0.2, 0) is 9.53 Å². The van der Waals surface area contributed by atoms with E-state index in [1.807, 2.05) is 13.8 Å². The van der Waals surface area contributed by atoms with Gasteiger partial charge in [-0.3, -0.25) is 4.79 Å². The molecule has 0 aliphatic carbocycles. The number of nitrogen functional groups attached to an aromatic ring is 1. The smallest absolute Gasteiger partial charge is 0.340 e. The minimum absolute atomic E-state index is 0.0313. The van der Waals surface area contributed by atoms with E-state index >= 15 is 0 Å². The van der Waals surface area contributed by atoms with E-state index in [-0.39, 0.29) is 22.5 Å². The first-order valence-electron chi connectivity index (χ1n) is 6.41. The second kappa shape index (κ2) is 7.14. The van der Waals surface area contributed by atoms with Gasteiger partial charge in [-0.1, -0.05) is 18.5 Å². The summed E-state index contributed by atoms with van der Waals surface area (Å²) in [5.41, 5.74) is 6.18. The largest absolute Gasteiger partial charge is 0.449 e. The average Bonchev–Trinajstić information content (AvgIpc) is 2.37. The average molecular weight is 299 g/mol. The van der Waals surface area contributed by atoms with E-state index in [4.69, 9.17) is 22.1 Å². The molecule has 2 atom stereocenters. The Morgan fingerprint density at radius 1 is 1.40 bits per heavy atom. The molecule has 0 bridgehead atoms. The number of carbonyl (C=O) groups is 2. The molecule has 0 saturated heterocycles. The van der Waals surface area contributed by atoms with Crippen LogP contribution in [0.3, 0.4) is 0 Å². The lowest BCUT2D eigenvalue weighted by molar-refractivity contribution is -0.129. The molecule has 0 spiro atoms. The number of esters is 1. The molecule has 3 N–H and O–H groups in total. The number of anilines is 1. The Kier molecular flexibility index (Phi) is 5.82. The fourth-order valence-corrected chi connectivity index (χ4v) is 1.70. The van der Waals surface area contributed by atoms with Gasteiger partial charge in [0, 0.05) is 11.7 Å². The van der Waals surface area contributed by atoms with Crippen molar-refractivity contribution in [1.82, 2.24) is 5.32 Å². The lowest BCUT2D eigenvalue weighted by atomic mass is 10.2. The van der Waals surface area contributed by atoms with Gasteiger partial charge in [-0.25, -0.2) is 4.79 Å². The summed E-state index contributed by atoms with van der Waals surface area (Å²) in [5.74, 6) is -0.985. The fourth-order valence-electron chi connectivity index (χ4n) is 1.44. The van der Waals surface area contributed by atoms with E-state index in [9.17, 15) is 9.59 Å². The Morgan fingerprint density at radius 3 is 2.60 bits per heavy atom. The van der Waals surface area contributed by atoms with Crippen molar-refractivity contribution in [2.75, 3.05) is 5.73 Å². The molecule has 0 heterocycles. The van der Waals surface area contributed by atoms with Crippen LogP contribution in [-0.4, -0.2) is 24.0 Å². The van der Waals surface area contributed by atoms with Crippen molar-refractivity contribution < 1.29 is 14.3 Å². The zero-order valence-corrected chi connectivity index (χ0v) is 12.5. The van der Waals surface area contributed by atoms with Gasteiger partial charge in [-0.2, -0.15) is 0 Å². The third-order valence-electron chi connectivity index (χ3n) is 2.87. The number of carbonyl (C=O) groups excluding carboxylic acids is 2. The molecule has 1 amide bonds. The molecule has 0 aliphatic rings. The molecule has 1 aromatic rings. The Bertz CT molecular complexity index is 505. The molecule has 5 nitrogen and oxygen atoms in total. The monoisotopic (exact) mass is 298 g/mol. The molecule has 1 aromatic carbocycles. The number of benzene rings is 1. The van der Waals surface area contributed by atoms with Gasteiger partial charge in [0.1, 0.15) is 0 Å². The normalized spacial score (nSPS) is 13.4. The molecule has 20 heavy (non-hydrogen) atoms. The number of ether oxygens (including phenoxy) is 1. The predicted molar refractivity (Wildman–Crippen MR) is 78.6 cm³/mol. The summed E-state index contributed by atoms with van der Waals surface area (Å²) in [6.45, 7) is 5.35. The van der Waals surface area contributed by atoms with Crippen LogP contribution in [0, 0.1) is 0 Å². The summed E-state index contributed by atoms with van der Waals surface area (Å²) in [7, 11) is 0. The number of nitrogens with one attached hydrogen (secondary N) is 1. The number of amides is 1. The Hall–Kier alpha value is -1.75. The molecule has 110 valence electrons. The molecule has 0 radical (unpaired) electrons. The van der Waals surface area contributed by atoms with E-state index in [0.29, 0.717) is 5.69 Å². The molecule has 2 unspecified atom stereocenters. The Morgan fingerprint density at radius 2 is 2.05 bits per heavy atom. The fraction of sp³-hybridized carbons (Fsp3) is 0.429. The van der Waals surface area contributed by atoms with Gasteiger partial charge in [0.2, 0.25) is 0 Å². The van der Waals surface area contributed by atoms with Crippen LogP contribution in [0.4, 0.5) is 5.69 Å². The Balaban J connectivity index is 2.68. The van der Waals surface area contributed by atoms with Crippen molar-refractivity contribution in [3.8, 4) is 0 Å². The highest BCUT2D eigenvalue weighted by Crippen LogP contribution is 2.20. The first-order valence-corrected chi connectivity index (χ1v) is 6.79. The van der Waals surface area contributed by atoms with Crippen LogP contribution in [0.2, 0.25) is 5.02 Å². The molecular formula is C14H19ClN2O3. The quantitative estimate of drug-likeness (QED) is 0.646. The highest BCUT2D eigenvalue weighted by atomic mass is 35.5. The maximum Gasteiger partial charge on any atom is 0.340 e. The molecule has 0 aliphatic heterocycles. The number of hydrogen-bond donors (Lipinski definition) is 2. The van der Waals surface area contributed by atoms with Gasteiger partial charge < -0.3 is 15.8 Å². The highest BCUT2D eigenvalue weighted by Gasteiger charge is 2.21. The van der Waals surface area contributed by atoms with E-state index in [1.165, 1.54) is 19.1 Å². The minimum atomic E-state index is -0.884. The van der Waals surface area contributed by atoms with Crippen molar-refractivity contribution >= 4 is 29.2 Å². The first kappa shape index (κ1) is 16.3. The van der Waals surface area contributed by atoms with Gasteiger partial charge in [0.25, 0.3) is 5.91 Å². The summed E-state index contributed by atoms with van der Waals surface area (Å²) in [4.78, 5) is 23.7. The maximum atomic E-state index is 11.9. The SMILES string of the molecule is CCC(C)NC(=O)C(C)OC(=O)c1ccc(N)cc1Cl. The van der Waals surface area contributed by atoms with Crippen LogP contribution >= 0.6 is 11.6 Å². The van der Waals surface area contributed by atoms with Crippen molar-refractivity contribution in [3.05, 3.63) is 28.8 Å². The van der Waals surface area contributed by atoms with Crippen LogP contribution in [0.25, 0.3) is 0 Å². The second-order valence-electron chi connectivity index (χ2n) is 4.60. The van der Waals surface area contributed by atoms with Gasteiger partial charge in [-0.15, -0.1) is 0 Å². The van der Waals surface area contributed by atoms with Crippen molar-refractivity contribution in [1.29, 1.82) is 0 Å². The Labute approximate surface area is 123 Å². The van der Waals surface area contributed by atoms with Gasteiger partial charge in [0.15, 0.2) is 6.10 Å². The van der Waals surface area contributed by atoms with Crippen molar-refractivity contribution in [2.24, 2.45) is 0 Å². The second-order valence-corrected chi connectivity index (χ2v) is 5.01. The third-order valence-corrected chi connectivity index (χ3v) is 3.18. The number of hydrogen-bond acceptors (Lipinski definition) is 4. The summed E-state index contributed by atoms with van der Waals surface area (Å²) >= 11 is 5.91. The molecule has 0 aromatic heterocycles. The number of rotatable bonds is 5. The minimum Gasteiger partial charge on any atom is -0.449 e. The predicted octanol–water partition coefficient (Wildman–Crippen LogP) is 2.38. The lowest BCUT2D eigenvalue weighted by Gasteiger charge is -2.17. The maximum absolute atomic E-state index is 11.9. The number of halogens is 1. The lowest BCUT2D eigenvalue weighted by Crippen LogP contribution is -2.40. The molecule has 6 heteroatoms. The topological polar surface area (TPSA) is 81.4 Å². The van der Waals surface area contributed by atoms with Crippen molar-refractivity contribution in [3.63, 3.8) is 0 Å². The molecule has 0 saturated carbocycles. The van der Waals surface area contributed by atoms with E-state index in [1.54, 1.807) is 6.07 Å². The zero-order chi connectivity index (χ0) is 15.3. The number of nitrogens with two attached hydrogens (primary N) is 1. The molecular weight excluding hydrogens is 280 g/mol. The van der Waals surface area contributed by atoms with Crippen LogP contribution in [0.15, 0.2) is 18.2 Å². The van der Waals surface area contributed by atoms with E-state index in [2.05, 4.69) is 5.32 Å². The first-order chi connectivity index (χ1) is 9.35. The summed E-state index contributed by atoms with van der Waals surface area (Å²) < 4.78 is 5.09. The summed E-state index contributed by atoms with van der Waals surface area (Å²) in [6, 6.07) is 4.51. The van der Waals surface area contributed by atoms with Crippen molar-refractivity contribution in [2.45, 2.75) is 39.3 Å².